The van der Waals surface area contributed by atoms with Crippen molar-refractivity contribution < 1.29 is 19.4 Å². The van der Waals surface area contributed by atoms with E-state index >= 15 is 0 Å². The quantitative estimate of drug-likeness (QED) is 0.646. The van der Waals surface area contributed by atoms with Gasteiger partial charge in [0.05, 0.1) is 36.4 Å². The van der Waals surface area contributed by atoms with E-state index in [1.165, 1.54) is 5.69 Å². The van der Waals surface area contributed by atoms with Crippen LogP contribution >= 0.6 is 0 Å². The zero-order chi connectivity index (χ0) is 22.8. The van der Waals surface area contributed by atoms with Gasteiger partial charge in [-0.05, 0) is 30.3 Å². The number of hydrogen-bond donors (Lipinski definition) is 3. The molecule has 3 heterocycles. The number of urea groups is 1. The van der Waals surface area contributed by atoms with Gasteiger partial charge in [0, 0.05) is 37.6 Å². The van der Waals surface area contributed by atoms with Gasteiger partial charge in [-0.15, -0.1) is 0 Å². The summed E-state index contributed by atoms with van der Waals surface area (Å²) in [4.78, 5) is 17.2. The first-order valence-corrected chi connectivity index (χ1v) is 11.2. The molecular weight excluding hydrogens is 422 g/mol. The molecular formula is C24H27N5O4. The zero-order valence-electron chi connectivity index (χ0n) is 18.1. The van der Waals surface area contributed by atoms with Crippen molar-refractivity contribution in [2.45, 2.75) is 30.6 Å². The number of carbonyl (C=O) groups excluding carboxylic acids is 1. The number of benzene rings is 2. The number of fused-ring (bicyclic) bond motifs is 2. The van der Waals surface area contributed by atoms with Crippen molar-refractivity contribution in [1.82, 2.24) is 10.2 Å². The third kappa shape index (κ3) is 4.51. The second-order valence-electron chi connectivity index (χ2n) is 8.53. The van der Waals surface area contributed by atoms with E-state index in [4.69, 9.17) is 14.7 Å². The summed E-state index contributed by atoms with van der Waals surface area (Å²) >= 11 is 0. The summed E-state index contributed by atoms with van der Waals surface area (Å²) < 4.78 is 11.9. The minimum Gasteiger partial charge on any atom is -0.389 e. The Balaban J connectivity index is 1.23. The minimum atomic E-state index is -0.837. The molecule has 172 valence electrons. The van der Waals surface area contributed by atoms with E-state index in [1.807, 2.05) is 24.3 Å². The fourth-order valence-corrected chi connectivity index (χ4v) is 4.87. The van der Waals surface area contributed by atoms with Crippen molar-refractivity contribution in [3.8, 4) is 6.07 Å². The molecule has 2 aromatic carbocycles. The van der Waals surface area contributed by atoms with Crippen LogP contribution in [0.1, 0.15) is 5.56 Å². The fourth-order valence-electron chi connectivity index (χ4n) is 4.87. The number of para-hydroxylation sites is 1. The SMILES string of the molecule is N#Cc1cccc(NC(=O)NC2C3COC(O3)C(N3CCN(c4ccccc4)CC3)C2O)c1. The maximum Gasteiger partial charge on any atom is 0.319 e. The van der Waals surface area contributed by atoms with Crippen LogP contribution in [-0.4, -0.2) is 79.4 Å². The standard InChI is InChI=1S/C24H27N5O4/c25-14-16-5-4-6-17(13-16)26-24(31)27-20-19-15-32-23(33-19)21(22(20)30)29-11-9-28(10-12-29)18-7-2-1-3-8-18/h1-8,13,19-23,30H,9-12,15H2,(H2,26,27,31). The molecule has 3 aliphatic rings. The number of ether oxygens (including phenoxy) is 2. The van der Waals surface area contributed by atoms with Crippen LogP contribution in [0.25, 0.3) is 0 Å². The van der Waals surface area contributed by atoms with E-state index in [9.17, 15) is 9.90 Å². The Labute approximate surface area is 192 Å². The number of aliphatic hydroxyl groups is 1. The van der Waals surface area contributed by atoms with Crippen LogP contribution in [0.15, 0.2) is 54.6 Å². The lowest BCUT2D eigenvalue weighted by Gasteiger charge is -2.47. The molecule has 0 radical (unpaired) electrons. The summed E-state index contributed by atoms with van der Waals surface area (Å²) in [5.74, 6) is 0. The minimum absolute atomic E-state index is 0.317. The van der Waals surface area contributed by atoms with E-state index < -0.39 is 30.6 Å². The largest absolute Gasteiger partial charge is 0.389 e. The zero-order valence-corrected chi connectivity index (χ0v) is 18.1. The van der Waals surface area contributed by atoms with E-state index in [0.29, 0.717) is 17.9 Å². The van der Waals surface area contributed by atoms with Crippen molar-refractivity contribution in [2.75, 3.05) is 43.0 Å². The number of aliphatic hydroxyl groups excluding tert-OH is 1. The molecule has 33 heavy (non-hydrogen) atoms. The number of nitrogens with one attached hydrogen (secondary N) is 2. The summed E-state index contributed by atoms with van der Waals surface area (Å²) in [6.45, 7) is 3.49. The third-order valence-corrected chi connectivity index (χ3v) is 6.54. The summed E-state index contributed by atoms with van der Waals surface area (Å²) in [5.41, 5.74) is 2.15. The van der Waals surface area contributed by atoms with Crippen molar-refractivity contribution in [2.24, 2.45) is 0 Å². The number of carbonyl (C=O) groups is 1. The van der Waals surface area contributed by atoms with E-state index in [1.54, 1.807) is 24.3 Å². The van der Waals surface area contributed by atoms with Crippen LogP contribution in [0.3, 0.4) is 0 Å². The lowest BCUT2D eigenvalue weighted by molar-refractivity contribution is -0.181. The van der Waals surface area contributed by atoms with Crippen molar-refractivity contribution in [1.29, 1.82) is 5.26 Å². The molecule has 5 rings (SSSR count). The van der Waals surface area contributed by atoms with Gasteiger partial charge in [-0.2, -0.15) is 5.26 Å². The van der Waals surface area contributed by atoms with Crippen LogP contribution < -0.4 is 15.5 Å². The van der Waals surface area contributed by atoms with Crippen molar-refractivity contribution in [3.63, 3.8) is 0 Å². The Hall–Kier alpha value is -3.16. The molecule has 3 aliphatic heterocycles. The molecule has 3 fully saturated rings. The fraction of sp³-hybridized carbons (Fsp3) is 0.417. The molecule has 9 nitrogen and oxygen atoms in total. The average molecular weight is 450 g/mol. The van der Waals surface area contributed by atoms with Crippen LogP contribution in [0, 0.1) is 11.3 Å². The molecule has 0 spiro atoms. The van der Waals surface area contributed by atoms with Gasteiger partial charge in [-0.3, -0.25) is 4.90 Å². The Bertz CT molecular complexity index is 1020. The molecule has 2 bridgehead atoms. The first kappa shape index (κ1) is 21.7. The lowest BCUT2D eigenvalue weighted by Crippen LogP contribution is -2.67. The molecule has 2 amide bonds. The number of anilines is 2. The first-order valence-electron chi connectivity index (χ1n) is 11.2. The van der Waals surface area contributed by atoms with Gasteiger partial charge in [0.15, 0.2) is 6.29 Å². The van der Waals surface area contributed by atoms with Crippen molar-refractivity contribution in [3.05, 3.63) is 60.2 Å². The Morgan fingerprint density at radius 1 is 1.09 bits per heavy atom. The van der Waals surface area contributed by atoms with Gasteiger partial charge < -0.3 is 30.1 Å². The topological polar surface area (TPSA) is 110 Å². The maximum atomic E-state index is 12.7. The second-order valence-corrected chi connectivity index (χ2v) is 8.53. The molecule has 0 aromatic heterocycles. The van der Waals surface area contributed by atoms with Gasteiger partial charge in [0.2, 0.25) is 0 Å². The molecule has 5 atom stereocenters. The number of amides is 2. The third-order valence-electron chi connectivity index (χ3n) is 6.54. The van der Waals surface area contributed by atoms with E-state index in [-0.39, 0.29) is 6.04 Å². The maximum absolute atomic E-state index is 12.7. The normalized spacial score (nSPS) is 29.3. The Morgan fingerprint density at radius 3 is 2.64 bits per heavy atom. The lowest BCUT2D eigenvalue weighted by atomic mass is 9.94. The molecule has 9 heteroatoms. The highest BCUT2D eigenvalue weighted by molar-refractivity contribution is 5.89. The number of hydrogen-bond acceptors (Lipinski definition) is 7. The Kier molecular flexibility index (Phi) is 6.15. The molecule has 0 saturated carbocycles. The van der Waals surface area contributed by atoms with E-state index in [2.05, 4.69) is 32.6 Å². The van der Waals surface area contributed by atoms with Crippen LogP contribution in [-0.2, 0) is 9.47 Å². The smallest absolute Gasteiger partial charge is 0.319 e. The number of rotatable bonds is 4. The second kappa shape index (κ2) is 9.37. The molecule has 5 unspecified atom stereocenters. The molecule has 2 aromatic rings. The number of nitriles is 1. The molecule has 0 aliphatic carbocycles. The van der Waals surface area contributed by atoms with Crippen LogP contribution in [0.5, 0.6) is 0 Å². The van der Waals surface area contributed by atoms with Gasteiger partial charge >= 0.3 is 6.03 Å². The predicted molar refractivity (Wildman–Crippen MR) is 122 cm³/mol. The first-order chi connectivity index (χ1) is 16.1. The van der Waals surface area contributed by atoms with Gasteiger partial charge in [-0.1, -0.05) is 24.3 Å². The highest BCUT2D eigenvalue weighted by atomic mass is 16.7. The highest BCUT2D eigenvalue weighted by Gasteiger charge is 2.52. The summed E-state index contributed by atoms with van der Waals surface area (Å²) in [6.07, 6.45) is -1.76. The van der Waals surface area contributed by atoms with Gasteiger partial charge in [-0.25, -0.2) is 4.79 Å². The predicted octanol–water partition coefficient (Wildman–Crippen LogP) is 1.36. The summed E-state index contributed by atoms with van der Waals surface area (Å²) in [7, 11) is 0. The number of nitrogens with zero attached hydrogens (tertiary/aromatic N) is 3. The van der Waals surface area contributed by atoms with Crippen LogP contribution in [0.2, 0.25) is 0 Å². The molecule has 3 saturated heterocycles. The van der Waals surface area contributed by atoms with Crippen molar-refractivity contribution >= 4 is 17.4 Å². The van der Waals surface area contributed by atoms with E-state index in [0.717, 1.165) is 26.2 Å². The van der Waals surface area contributed by atoms with Crippen LogP contribution in [0.4, 0.5) is 16.2 Å². The van der Waals surface area contributed by atoms with Gasteiger partial charge in [0.25, 0.3) is 0 Å². The monoisotopic (exact) mass is 449 g/mol. The van der Waals surface area contributed by atoms with Gasteiger partial charge in [0.1, 0.15) is 6.10 Å². The molecule has 3 N–H and O–H groups in total. The summed E-state index contributed by atoms with van der Waals surface area (Å²) in [5, 5.41) is 25.9. The average Bonchev–Trinajstić information content (AvgIpc) is 3.28. The number of piperazine rings is 1. The Morgan fingerprint density at radius 2 is 1.88 bits per heavy atom. The summed E-state index contributed by atoms with van der Waals surface area (Å²) in [6, 6.07) is 17.6. The highest BCUT2D eigenvalue weighted by Crippen LogP contribution is 2.32.